The van der Waals surface area contributed by atoms with Crippen LogP contribution < -0.4 is 10.2 Å². The number of hydrogen-bond donors (Lipinski definition) is 3. The van der Waals surface area contributed by atoms with Crippen LogP contribution in [0.3, 0.4) is 0 Å². The normalized spacial score (nSPS) is 13.0. The summed E-state index contributed by atoms with van der Waals surface area (Å²) >= 11 is 0. The molecule has 10 heteroatoms. The van der Waals surface area contributed by atoms with Gasteiger partial charge in [-0.25, -0.2) is 4.79 Å². The van der Waals surface area contributed by atoms with Gasteiger partial charge in [0.1, 0.15) is 13.2 Å². The van der Waals surface area contributed by atoms with Crippen molar-refractivity contribution in [3.63, 3.8) is 0 Å². The Morgan fingerprint density at radius 3 is 1.62 bits per heavy atom. The lowest BCUT2D eigenvalue weighted by Gasteiger charge is -2.25. The van der Waals surface area contributed by atoms with Gasteiger partial charge in [-0.05, 0) is 6.42 Å². The molecule has 0 aliphatic carbocycles. The molecule has 0 aromatic rings. The zero-order valence-electron chi connectivity index (χ0n) is 24.7. The molecular formula is C27H60N3O6P. The number of nitrogens with one attached hydrogen (secondary N) is 1. The molecule has 0 saturated heterocycles. The minimum atomic E-state index is -4.51. The molecule has 0 aromatic heterocycles. The van der Waals surface area contributed by atoms with Gasteiger partial charge in [0.15, 0.2) is 0 Å². The first-order valence-electron chi connectivity index (χ1n) is 14.5. The molecular weight excluding hydrogens is 493 g/mol. The Balaban J connectivity index is 0. The maximum Gasteiger partial charge on any atom is 0.317 e. The van der Waals surface area contributed by atoms with E-state index in [1.165, 1.54) is 101 Å². The first-order chi connectivity index (χ1) is 17.4. The van der Waals surface area contributed by atoms with Crippen molar-refractivity contribution in [3.8, 4) is 0 Å². The van der Waals surface area contributed by atoms with Crippen LogP contribution in [0.5, 0.6) is 0 Å². The molecule has 0 aliphatic heterocycles. The maximum absolute atomic E-state index is 11.6. The highest BCUT2D eigenvalue weighted by Gasteiger charge is 2.09. The summed E-state index contributed by atoms with van der Waals surface area (Å²) in [7, 11) is 2.89. The minimum Gasteiger partial charge on any atom is -0.756 e. The van der Waals surface area contributed by atoms with E-state index in [2.05, 4.69) is 16.8 Å². The maximum atomic E-state index is 11.6. The molecule has 37 heavy (non-hydrogen) atoms. The predicted molar refractivity (Wildman–Crippen MR) is 151 cm³/mol. The van der Waals surface area contributed by atoms with Crippen molar-refractivity contribution >= 4 is 13.9 Å². The van der Waals surface area contributed by atoms with E-state index in [4.69, 9.17) is 10.00 Å². The SMILES string of the molecule is CCCCCCCCCCCCCCCCCCNC(=O)N(C)CCO.C[N+](C)(C)CCOP(=O)([O-])O. The van der Waals surface area contributed by atoms with Crippen molar-refractivity contribution in [2.75, 3.05) is 61.0 Å². The summed E-state index contributed by atoms with van der Waals surface area (Å²) in [6.07, 6.45) is 21.8. The van der Waals surface area contributed by atoms with E-state index in [0.29, 0.717) is 17.6 Å². The third-order valence-corrected chi connectivity index (χ3v) is 6.61. The molecule has 224 valence electrons. The minimum absolute atomic E-state index is 0.0147. The van der Waals surface area contributed by atoms with Crippen molar-refractivity contribution in [2.45, 2.75) is 110 Å². The van der Waals surface area contributed by atoms with Gasteiger partial charge < -0.3 is 34.1 Å². The second kappa shape index (κ2) is 25.6. The second-order valence-electron chi connectivity index (χ2n) is 11.0. The fraction of sp³-hybridized carbons (Fsp3) is 0.963. The van der Waals surface area contributed by atoms with Crippen molar-refractivity contribution in [1.29, 1.82) is 0 Å². The van der Waals surface area contributed by atoms with Crippen LogP contribution in [-0.4, -0.2) is 86.5 Å². The van der Waals surface area contributed by atoms with Gasteiger partial charge in [-0.15, -0.1) is 0 Å². The van der Waals surface area contributed by atoms with Crippen molar-refractivity contribution in [1.82, 2.24) is 10.2 Å². The van der Waals surface area contributed by atoms with Gasteiger partial charge in [0.2, 0.25) is 0 Å². The van der Waals surface area contributed by atoms with Gasteiger partial charge in [-0.3, -0.25) is 4.57 Å². The zero-order chi connectivity index (χ0) is 28.4. The summed E-state index contributed by atoms with van der Waals surface area (Å²) in [5.74, 6) is 0. The highest BCUT2D eigenvalue weighted by Crippen LogP contribution is 2.29. The number of quaternary nitrogens is 1. The number of nitrogens with zero attached hydrogens (tertiary/aromatic N) is 2. The number of hydrogen-bond acceptors (Lipinski definition) is 5. The Morgan fingerprint density at radius 1 is 0.865 bits per heavy atom. The number of urea groups is 1. The molecule has 0 radical (unpaired) electrons. The lowest BCUT2D eigenvalue weighted by molar-refractivity contribution is -0.870. The van der Waals surface area contributed by atoms with Crippen LogP contribution in [0, 0.1) is 0 Å². The van der Waals surface area contributed by atoms with Crippen molar-refractivity contribution < 1.29 is 33.3 Å². The van der Waals surface area contributed by atoms with Crippen LogP contribution in [0.15, 0.2) is 0 Å². The van der Waals surface area contributed by atoms with Gasteiger partial charge in [0, 0.05) is 20.1 Å². The molecule has 0 saturated carbocycles. The molecule has 0 heterocycles. The van der Waals surface area contributed by atoms with E-state index in [0.717, 1.165) is 13.0 Å². The molecule has 2 amide bonds. The lowest BCUT2D eigenvalue weighted by atomic mass is 10.0. The van der Waals surface area contributed by atoms with Crippen LogP contribution >= 0.6 is 7.82 Å². The summed E-state index contributed by atoms with van der Waals surface area (Å²) < 4.78 is 14.8. The Labute approximate surface area is 228 Å². The molecule has 0 spiro atoms. The number of rotatable bonds is 23. The third kappa shape index (κ3) is 35.3. The number of aliphatic hydroxyl groups is 1. The van der Waals surface area contributed by atoms with Gasteiger partial charge in [-0.2, -0.15) is 0 Å². The standard InChI is InChI=1S/C22H46N2O2.C5H14NO4P/c1-3-4-5-6-7-8-9-10-11-12-13-14-15-16-17-18-19-23-22(26)24(2)20-21-25;1-6(2,3)4-5-10-11(7,8)9/h25H,3-21H2,1-2H3,(H,23,26);4-5H2,1-3H3,(H-,7,8,9). The van der Waals surface area contributed by atoms with Gasteiger partial charge in [0.25, 0.3) is 7.82 Å². The van der Waals surface area contributed by atoms with Crippen LogP contribution in [0.1, 0.15) is 110 Å². The number of likely N-dealkylation sites (N-methyl/N-ethyl adjacent to an activating group) is 2. The Hall–Kier alpha value is -0.700. The molecule has 1 unspecified atom stereocenters. The molecule has 0 aliphatic rings. The van der Waals surface area contributed by atoms with Gasteiger partial charge >= 0.3 is 6.03 Å². The number of phosphoric acid groups is 1. The molecule has 1 atom stereocenters. The summed E-state index contributed by atoms with van der Waals surface area (Å²) in [4.78, 5) is 31.4. The summed E-state index contributed by atoms with van der Waals surface area (Å²) in [5.41, 5.74) is 0. The lowest BCUT2D eigenvalue weighted by Crippen LogP contribution is -2.39. The molecule has 0 aromatic carbocycles. The predicted octanol–water partition coefficient (Wildman–Crippen LogP) is 5.05. The van der Waals surface area contributed by atoms with Crippen LogP contribution in [0.25, 0.3) is 0 Å². The average molecular weight is 554 g/mol. The fourth-order valence-corrected chi connectivity index (χ4v) is 4.00. The quantitative estimate of drug-likeness (QED) is 0.0925. The first-order valence-corrected chi connectivity index (χ1v) is 16.0. The smallest absolute Gasteiger partial charge is 0.317 e. The fourth-order valence-electron chi connectivity index (χ4n) is 3.68. The molecule has 0 fully saturated rings. The van der Waals surface area contributed by atoms with Crippen molar-refractivity contribution in [2.24, 2.45) is 0 Å². The van der Waals surface area contributed by atoms with E-state index in [-0.39, 0.29) is 19.2 Å². The average Bonchev–Trinajstić information content (AvgIpc) is 2.79. The van der Waals surface area contributed by atoms with Crippen LogP contribution in [0.4, 0.5) is 4.79 Å². The largest absolute Gasteiger partial charge is 0.756 e. The molecule has 0 rings (SSSR count). The monoisotopic (exact) mass is 553 g/mol. The number of aliphatic hydroxyl groups excluding tert-OH is 1. The molecule has 0 bridgehead atoms. The number of unbranched alkanes of at least 4 members (excludes halogenated alkanes) is 15. The summed E-state index contributed by atoms with van der Waals surface area (Å²) in [5, 5.41) is 11.7. The van der Waals surface area contributed by atoms with E-state index in [9.17, 15) is 14.3 Å². The van der Waals surface area contributed by atoms with E-state index < -0.39 is 7.82 Å². The Kier molecular flexibility index (Phi) is 26.6. The Morgan fingerprint density at radius 2 is 1.27 bits per heavy atom. The number of carbonyl (C=O) groups is 1. The van der Waals surface area contributed by atoms with Gasteiger partial charge in [-0.1, -0.05) is 103 Å². The van der Waals surface area contributed by atoms with E-state index >= 15 is 0 Å². The second-order valence-corrected chi connectivity index (χ2v) is 12.2. The first kappa shape index (κ1) is 38.4. The summed E-state index contributed by atoms with van der Waals surface area (Å²) in [6, 6.07) is -0.0833. The number of amides is 2. The highest BCUT2D eigenvalue weighted by molar-refractivity contribution is 7.44. The van der Waals surface area contributed by atoms with E-state index in [1.807, 2.05) is 21.1 Å². The van der Waals surface area contributed by atoms with Gasteiger partial charge in [0.05, 0.1) is 27.7 Å². The van der Waals surface area contributed by atoms with Crippen molar-refractivity contribution in [3.05, 3.63) is 0 Å². The Bertz CT molecular complexity index is 555. The van der Waals surface area contributed by atoms with E-state index in [1.54, 1.807) is 7.05 Å². The number of carbonyl (C=O) groups excluding carboxylic acids is 1. The molecule has 3 N–H and O–H groups in total. The highest BCUT2D eigenvalue weighted by atomic mass is 31.2. The molecule has 9 nitrogen and oxygen atoms in total. The number of phosphoric ester groups is 1. The van der Waals surface area contributed by atoms with Crippen LogP contribution in [-0.2, 0) is 9.09 Å². The zero-order valence-corrected chi connectivity index (χ0v) is 25.6. The third-order valence-electron chi connectivity index (χ3n) is 6.11. The topological polar surface area (TPSA) is 122 Å². The van der Waals surface area contributed by atoms with Crippen LogP contribution in [0.2, 0.25) is 0 Å². The summed E-state index contributed by atoms with van der Waals surface area (Å²) in [6.45, 7) is 3.98.